The second-order valence-corrected chi connectivity index (χ2v) is 13.3. The van der Waals surface area contributed by atoms with E-state index in [1.165, 1.54) is 23.8 Å². The molecule has 48 heavy (non-hydrogen) atoms. The summed E-state index contributed by atoms with van der Waals surface area (Å²) in [7, 11) is 1.25. The van der Waals surface area contributed by atoms with Crippen molar-refractivity contribution in [3.8, 4) is 0 Å². The summed E-state index contributed by atoms with van der Waals surface area (Å²) in [4.78, 5) is 67.8. The van der Waals surface area contributed by atoms with Crippen LogP contribution in [0.4, 0.5) is 4.79 Å². The third kappa shape index (κ3) is 7.88. The number of nitrogens with zero attached hydrogens (tertiary/aromatic N) is 1. The van der Waals surface area contributed by atoms with Crippen molar-refractivity contribution >= 4 is 41.6 Å². The summed E-state index contributed by atoms with van der Waals surface area (Å²) in [6.45, 7) is 5.12. The average molecular weight is 672 g/mol. The number of amides is 3. The second kappa shape index (κ2) is 14.8. The van der Waals surface area contributed by atoms with Crippen LogP contribution in [0.25, 0.3) is 0 Å². The lowest BCUT2D eigenvalue weighted by Crippen LogP contribution is -2.71. The number of ether oxygens (including phenoxy) is 3. The Labute approximate surface area is 283 Å². The van der Waals surface area contributed by atoms with Gasteiger partial charge in [-0.05, 0) is 43.0 Å². The quantitative estimate of drug-likeness (QED) is 0.177. The molecule has 3 amide bonds. The Balaban J connectivity index is 1.40. The summed E-state index contributed by atoms with van der Waals surface area (Å²) in [5, 5.41) is 4.70. The van der Waals surface area contributed by atoms with Gasteiger partial charge in [0.1, 0.15) is 28.8 Å². The monoisotopic (exact) mass is 671 g/mol. The number of carbonyl (C=O) groups is 5. The first-order valence-electron chi connectivity index (χ1n) is 15.4. The van der Waals surface area contributed by atoms with Crippen LogP contribution in [0.3, 0.4) is 0 Å². The van der Waals surface area contributed by atoms with Crippen LogP contribution in [-0.4, -0.2) is 64.6 Å². The Morgan fingerprint density at radius 3 is 1.94 bits per heavy atom. The molecule has 1 saturated heterocycles. The molecule has 1 unspecified atom stereocenters. The lowest BCUT2D eigenvalue weighted by atomic mass is 9.99. The Morgan fingerprint density at radius 2 is 1.42 bits per heavy atom. The molecule has 2 N–H and O–H groups in total. The second-order valence-electron chi connectivity index (χ2n) is 12.2. The molecule has 12 heteroatoms. The molecule has 3 aromatic carbocycles. The minimum Gasteiger partial charge on any atom is -0.469 e. The zero-order chi connectivity index (χ0) is 34.4. The van der Waals surface area contributed by atoms with E-state index in [0.717, 1.165) is 11.1 Å². The lowest BCUT2D eigenvalue weighted by molar-refractivity contribution is -0.155. The summed E-state index contributed by atoms with van der Waals surface area (Å²) in [6.07, 6.45) is -1.82. The SMILES string of the molecule is COC(=O)CC1=C(C(=O)OC(c2ccccc2)c2ccccc2)N2C(=O)[C@@H](NC(=O)C(NC(=O)OC(C)(C)C)c3ccccc3)[C@@H]2SC1. The molecule has 1 fully saturated rings. The molecule has 0 aromatic heterocycles. The highest BCUT2D eigenvalue weighted by Gasteiger charge is 2.55. The Morgan fingerprint density at radius 1 is 0.875 bits per heavy atom. The molecule has 3 atom stereocenters. The fourth-order valence-electron chi connectivity index (χ4n) is 5.41. The maximum absolute atomic E-state index is 14.0. The van der Waals surface area contributed by atoms with Crippen LogP contribution in [0.2, 0.25) is 0 Å². The Kier molecular flexibility index (Phi) is 10.5. The zero-order valence-corrected chi connectivity index (χ0v) is 27.8. The van der Waals surface area contributed by atoms with E-state index in [2.05, 4.69) is 10.6 Å². The van der Waals surface area contributed by atoms with E-state index in [9.17, 15) is 24.0 Å². The topological polar surface area (TPSA) is 140 Å². The van der Waals surface area contributed by atoms with Crippen molar-refractivity contribution in [2.24, 2.45) is 0 Å². The number of fused-ring (bicyclic) bond motifs is 1. The first-order valence-corrected chi connectivity index (χ1v) is 16.4. The van der Waals surface area contributed by atoms with Crippen LogP contribution in [0.15, 0.2) is 102 Å². The number of hydrogen-bond acceptors (Lipinski definition) is 9. The number of hydrogen-bond donors (Lipinski definition) is 2. The van der Waals surface area contributed by atoms with Crippen molar-refractivity contribution < 1.29 is 38.2 Å². The van der Waals surface area contributed by atoms with E-state index in [-0.39, 0.29) is 17.9 Å². The molecule has 0 aliphatic carbocycles. The molecule has 2 heterocycles. The average Bonchev–Trinajstić information content (AvgIpc) is 3.08. The Bertz CT molecular complexity index is 1650. The number of methoxy groups -OCH3 is 1. The number of carbonyl (C=O) groups excluding carboxylic acids is 5. The molecule has 0 radical (unpaired) electrons. The molecule has 3 aromatic rings. The number of benzene rings is 3. The van der Waals surface area contributed by atoms with Crippen LogP contribution in [-0.2, 0) is 33.4 Å². The van der Waals surface area contributed by atoms with Crippen LogP contribution in [0, 0.1) is 0 Å². The maximum atomic E-state index is 14.0. The van der Waals surface area contributed by atoms with E-state index >= 15 is 0 Å². The number of alkyl carbamates (subject to hydrolysis) is 1. The first kappa shape index (κ1) is 34.2. The zero-order valence-electron chi connectivity index (χ0n) is 27.0. The summed E-state index contributed by atoms with van der Waals surface area (Å²) >= 11 is 1.29. The number of thioether (sulfide) groups is 1. The first-order chi connectivity index (χ1) is 23.0. The smallest absolute Gasteiger partial charge is 0.408 e. The van der Waals surface area contributed by atoms with Gasteiger partial charge in [-0.2, -0.15) is 0 Å². The predicted octanol–water partition coefficient (Wildman–Crippen LogP) is 4.80. The number of esters is 2. The highest BCUT2D eigenvalue weighted by molar-refractivity contribution is 8.00. The van der Waals surface area contributed by atoms with E-state index in [1.54, 1.807) is 51.1 Å². The van der Waals surface area contributed by atoms with Crippen LogP contribution in [0.1, 0.15) is 56.0 Å². The van der Waals surface area contributed by atoms with Gasteiger partial charge >= 0.3 is 18.0 Å². The van der Waals surface area contributed by atoms with Crippen LogP contribution in [0.5, 0.6) is 0 Å². The van der Waals surface area contributed by atoms with E-state index in [1.807, 2.05) is 60.7 Å². The number of nitrogens with one attached hydrogen (secondary N) is 2. The molecule has 2 aliphatic rings. The predicted molar refractivity (Wildman–Crippen MR) is 178 cm³/mol. The van der Waals surface area contributed by atoms with Gasteiger partial charge in [-0.3, -0.25) is 19.3 Å². The summed E-state index contributed by atoms with van der Waals surface area (Å²) in [6, 6.07) is 24.8. The molecular weight excluding hydrogens is 634 g/mol. The molecular formula is C36H37N3O8S. The molecule has 0 spiro atoms. The van der Waals surface area contributed by atoms with Gasteiger partial charge in [0.25, 0.3) is 5.91 Å². The van der Waals surface area contributed by atoms with Gasteiger partial charge in [0.15, 0.2) is 6.10 Å². The van der Waals surface area contributed by atoms with Crippen molar-refractivity contribution in [2.75, 3.05) is 12.9 Å². The van der Waals surface area contributed by atoms with E-state index in [0.29, 0.717) is 11.1 Å². The molecule has 250 valence electrons. The van der Waals surface area contributed by atoms with Crippen molar-refractivity contribution in [1.82, 2.24) is 15.5 Å². The van der Waals surface area contributed by atoms with Gasteiger partial charge < -0.3 is 24.8 Å². The van der Waals surface area contributed by atoms with Crippen LogP contribution < -0.4 is 10.6 Å². The highest BCUT2D eigenvalue weighted by Crippen LogP contribution is 2.42. The van der Waals surface area contributed by atoms with Crippen LogP contribution >= 0.6 is 11.8 Å². The summed E-state index contributed by atoms with van der Waals surface area (Å²) in [5.74, 6) is -2.35. The minimum atomic E-state index is -1.16. The molecule has 5 rings (SSSR count). The van der Waals surface area contributed by atoms with E-state index in [4.69, 9.17) is 14.2 Å². The van der Waals surface area contributed by atoms with Crippen molar-refractivity contribution in [1.29, 1.82) is 0 Å². The fourth-order valence-corrected chi connectivity index (χ4v) is 6.75. The minimum absolute atomic E-state index is 0.0528. The van der Waals surface area contributed by atoms with Crippen molar-refractivity contribution in [2.45, 2.75) is 56.4 Å². The van der Waals surface area contributed by atoms with Gasteiger partial charge in [0.05, 0.1) is 13.5 Å². The van der Waals surface area contributed by atoms with E-state index < -0.39 is 59.0 Å². The largest absolute Gasteiger partial charge is 0.469 e. The normalized spacial score (nSPS) is 17.9. The number of β-lactam (4-membered cyclic amide) rings is 1. The fraction of sp³-hybridized carbons (Fsp3) is 0.306. The van der Waals surface area contributed by atoms with Crippen molar-refractivity contribution in [3.63, 3.8) is 0 Å². The third-order valence-electron chi connectivity index (χ3n) is 7.61. The summed E-state index contributed by atoms with van der Waals surface area (Å²) < 4.78 is 16.4. The molecule has 11 nitrogen and oxygen atoms in total. The van der Waals surface area contributed by atoms with Gasteiger partial charge in [0, 0.05) is 5.75 Å². The molecule has 0 saturated carbocycles. The van der Waals surface area contributed by atoms with Gasteiger partial charge in [-0.1, -0.05) is 91.0 Å². The standard InChI is InChI=1S/C36H37N3O8S/c1-36(2,3)47-35(44)38-27(22-14-8-5-9-15-22)31(41)37-28-32(42)39-29(25(20-26(40)45-4)21-48-33(28)39)34(43)46-30(23-16-10-6-11-17-23)24-18-12-7-13-19-24/h5-19,27-28,30,33H,20-21H2,1-4H3,(H,37,41)(H,38,44)/t27?,28-,33+/m1/s1. The third-order valence-corrected chi connectivity index (χ3v) is 8.95. The number of rotatable bonds is 10. The Hall–Kier alpha value is -5.10. The van der Waals surface area contributed by atoms with Gasteiger partial charge in [-0.25, -0.2) is 9.59 Å². The molecule has 0 bridgehead atoms. The van der Waals surface area contributed by atoms with Crippen molar-refractivity contribution in [3.05, 3.63) is 119 Å². The highest BCUT2D eigenvalue weighted by atomic mass is 32.2. The lowest BCUT2D eigenvalue weighted by Gasteiger charge is -2.50. The molecule has 2 aliphatic heterocycles. The summed E-state index contributed by atoms with van der Waals surface area (Å²) in [5.41, 5.74) is 1.45. The maximum Gasteiger partial charge on any atom is 0.408 e. The van der Waals surface area contributed by atoms with Gasteiger partial charge in [-0.15, -0.1) is 11.8 Å². The van der Waals surface area contributed by atoms with Gasteiger partial charge in [0.2, 0.25) is 5.91 Å².